The molecule has 0 fully saturated rings. The van der Waals surface area contributed by atoms with Gasteiger partial charge in [0, 0.05) is 17.8 Å². The van der Waals surface area contributed by atoms with Crippen molar-refractivity contribution < 1.29 is 27.1 Å². The van der Waals surface area contributed by atoms with Crippen LogP contribution in [0, 0.1) is 6.92 Å². The number of hydrogen-bond donors (Lipinski definition) is 2. The summed E-state index contributed by atoms with van der Waals surface area (Å²) in [6.45, 7) is 1.81. The summed E-state index contributed by atoms with van der Waals surface area (Å²) in [4.78, 5) is 19.8. The number of furan rings is 1. The molecule has 2 N–H and O–H groups in total. The quantitative estimate of drug-likeness (QED) is 0.507. The Bertz CT molecular complexity index is 1180. The standard InChI is InChI=1S/C20H20N4O6S/c1-13-4-7-15(30-13)8-11-18(25)21-14-5-9-16(10-6-14)31(26,27)24-17-12-19(28-2)23-20(22-17)29-3/h4-12H,1-3H3,(H,21,25)(H,22,23,24)/b11-8+. The maximum Gasteiger partial charge on any atom is 0.321 e. The molecular formula is C20H20N4O6S. The van der Waals surface area contributed by atoms with Crippen LogP contribution in [0.4, 0.5) is 11.5 Å². The monoisotopic (exact) mass is 444 g/mol. The normalized spacial score (nSPS) is 11.3. The fourth-order valence-corrected chi connectivity index (χ4v) is 3.44. The molecule has 0 unspecified atom stereocenters. The molecule has 1 amide bonds. The highest BCUT2D eigenvalue weighted by molar-refractivity contribution is 7.92. The van der Waals surface area contributed by atoms with Gasteiger partial charge in [-0.25, -0.2) is 8.42 Å². The van der Waals surface area contributed by atoms with Crippen molar-refractivity contribution in [3.63, 3.8) is 0 Å². The highest BCUT2D eigenvalue weighted by Gasteiger charge is 2.17. The molecule has 0 saturated carbocycles. The molecule has 31 heavy (non-hydrogen) atoms. The number of aryl methyl sites for hydroxylation is 1. The fourth-order valence-electron chi connectivity index (χ4n) is 2.45. The molecule has 3 aromatic rings. The Balaban J connectivity index is 1.68. The Labute approximate surface area is 179 Å². The summed E-state index contributed by atoms with van der Waals surface area (Å²) >= 11 is 0. The summed E-state index contributed by atoms with van der Waals surface area (Å²) < 4.78 is 42.9. The second kappa shape index (κ2) is 9.30. The number of nitrogens with zero attached hydrogens (tertiary/aromatic N) is 2. The highest BCUT2D eigenvalue weighted by Crippen LogP contribution is 2.21. The fraction of sp³-hybridized carbons (Fsp3) is 0.150. The van der Waals surface area contributed by atoms with Crippen molar-refractivity contribution >= 4 is 33.5 Å². The zero-order valence-electron chi connectivity index (χ0n) is 16.9. The number of ether oxygens (including phenoxy) is 2. The molecule has 0 bridgehead atoms. The van der Waals surface area contributed by atoms with E-state index >= 15 is 0 Å². The van der Waals surface area contributed by atoms with Gasteiger partial charge in [-0.05, 0) is 49.4 Å². The van der Waals surface area contributed by atoms with Crippen molar-refractivity contribution in [3.8, 4) is 11.9 Å². The molecule has 2 aromatic heterocycles. The average Bonchev–Trinajstić information content (AvgIpc) is 3.17. The summed E-state index contributed by atoms with van der Waals surface area (Å²) in [5.74, 6) is 1.03. The lowest BCUT2D eigenvalue weighted by molar-refractivity contribution is -0.111. The summed E-state index contributed by atoms with van der Waals surface area (Å²) in [7, 11) is -1.20. The molecule has 10 nitrogen and oxygen atoms in total. The van der Waals surface area contributed by atoms with Gasteiger partial charge >= 0.3 is 6.01 Å². The molecule has 11 heteroatoms. The van der Waals surface area contributed by atoms with Crippen molar-refractivity contribution in [3.05, 3.63) is 60.1 Å². The number of hydrogen-bond acceptors (Lipinski definition) is 8. The first-order chi connectivity index (χ1) is 14.8. The molecule has 0 aliphatic heterocycles. The van der Waals surface area contributed by atoms with Crippen LogP contribution in [0.3, 0.4) is 0 Å². The van der Waals surface area contributed by atoms with Crippen LogP contribution in [0.25, 0.3) is 6.08 Å². The van der Waals surface area contributed by atoms with Gasteiger partial charge in [0.1, 0.15) is 11.5 Å². The highest BCUT2D eigenvalue weighted by atomic mass is 32.2. The second-order valence-electron chi connectivity index (χ2n) is 6.18. The van der Waals surface area contributed by atoms with Gasteiger partial charge in [0.2, 0.25) is 11.8 Å². The molecule has 2 heterocycles. The molecule has 0 atom stereocenters. The zero-order valence-corrected chi connectivity index (χ0v) is 17.8. The minimum Gasteiger partial charge on any atom is -0.481 e. The Kier molecular flexibility index (Phi) is 6.55. The van der Waals surface area contributed by atoms with Crippen LogP contribution in [0.1, 0.15) is 11.5 Å². The first-order valence-corrected chi connectivity index (χ1v) is 10.4. The minimum absolute atomic E-state index is 0.0145. The first-order valence-electron chi connectivity index (χ1n) is 8.94. The molecular weight excluding hydrogens is 424 g/mol. The van der Waals surface area contributed by atoms with E-state index in [4.69, 9.17) is 13.9 Å². The van der Waals surface area contributed by atoms with Gasteiger partial charge in [0.25, 0.3) is 10.0 Å². The molecule has 1 aromatic carbocycles. The summed E-state index contributed by atoms with van der Waals surface area (Å²) in [6, 6.07) is 10.5. The largest absolute Gasteiger partial charge is 0.481 e. The van der Waals surface area contributed by atoms with E-state index in [1.807, 2.05) is 0 Å². The Morgan fingerprint density at radius 1 is 1.06 bits per heavy atom. The van der Waals surface area contributed by atoms with E-state index in [0.717, 1.165) is 5.76 Å². The Morgan fingerprint density at radius 2 is 1.81 bits per heavy atom. The summed E-state index contributed by atoms with van der Waals surface area (Å²) in [5.41, 5.74) is 0.426. The molecule has 0 aliphatic carbocycles. The van der Waals surface area contributed by atoms with Crippen LogP contribution in [0.5, 0.6) is 11.9 Å². The zero-order chi connectivity index (χ0) is 22.4. The van der Waals surface area contributed by atoms with Gasteiger partial charge in [0.05, 0.1) is 19.1 Å². The van der Waals surface area contributed by atoms with Crippen molar-refractivity contribution in [1.29, 1.82) is 0 Å². The molecule has 162 valence electrons. The van der Waals surface area contributed by atoms with E-state index in [1.54, 1.807) is 19.1 Å². The number of sulfonamides is 1. The van der Waals surface area contributed by atoms with Crippen LogP contribution in [-0.2, 0) is 14.8 Å². The van der Waals surface area contributed by atoms with Gasteiger partial charge in [-0.1, -0.05) is 0 Å². The third-order valence-corrected chi connectivity index (χ3v) is 5.28. The first kappa shape index (κ1) is 21.8. The maximum atomic E-state index is 12.6. The number of amides is 1. The van der Waals surface area contributed by atoms with Crippen LogP contribution in [0.15, 0.2) is 57.9 Å². The van der Waals surface area contributed by atoms with Gasteiger partial charge in [0.15, 0.2) is 5.82 Å². The number of carbonyl (C=O) groups excluding carboxylic acids is 1. The van der Waals surface area contributed by atoms with Crippen molar-refractivity contribution in [2.24, 2.45) is 0 Å². The molecule has 0 saturated heterocycles. The number of carbonyl (C=O) groups is 1. The SMILES string of the molecule is COc1cc(NS(=O)(=O)c2ccc(NC(=O)/C=C/c3ccc(C)o3)cc2)nc(OC)n1. The van der Waals surface area contributed by atoms with E-state index < -0.39 is 10.0 Å². The summed E-state index contributed by atoms with van der Waals surface area (Å²) in [6.07, 6.45) is 2.86. The third kappa shape index (κ3) is 5.82. The predicted octanol–water partition coefficient (Wildman–Crippen LogP) is 2.85. The van der Waals surface area contributed by atoms with Gasteiger partial charge in [-0.3, -0.25) is 9.52 Å². The molecule has 3 rings (SSSR count). The van der Waals surface area contributed by atoms with E-state index in [-0.39, 0.29) is 28.5 Å². The van der Waals surface area contributed by atoms with Crippen LogP contribution >= 0.6 is 0 Å². The molecule has 0 radical (unpaired) electrons. The lowest BCUT2D eigenvalue weighted by Gasteiger charge is -2.10. The molecule has 0 spiro atoms. The number of nitrogens with one attached hydrogen (secondary N) is 2. The molecule has 0 aliphatic rings. The van der Waals surface area contributed by atoms with E-state index in [0.29, 0.717) is 11.4 Å². The van der Waals surface area contributed by atoms with Crippen molar-refractivity contribution in [2.75, 3.05) is 24.3 Å². The maximum absolute atomic E-state index is 12.6. The van der Waals surface area contributed by atoms with Gasteiger partial charge in [-0.2, -0.15) is 9.97 Å². The number of aromatic nitrogens is 2. The van der Waals surface area contributed by atoms with Crippen LogP contribution in [-0.4, -0.2) is 38.5 Å². The number of benzene rings is 1. The lowest BCUT2D eigenvalue weighted by Crippen LogP contribution is -2.15. The minimum atomic E-state index is -3.94. The lowest BCUT2D eigenvalue weighted by atomic mass is 10.3. The Hall–Kier alpha value is -3.86. The predicted molar refractivity (Wildman–Crippen MR) is 113 cm³/mol. The van der Waals surface area contributed by atoms with Crippen LogP contribution < -0.4 is 19.5 Å². The van der Waals surface area contributed by atoms with Gasteiger partial charge in [-0.15, -0.1) is 0 Å². The van der Waals surface area contributed by atoms with E-state index in [2.05, 4.69) is 20.0 Å². The van der Waals surface area contributed by atoms with Crippen molar-refractivity contribution in [1.82, 2.24) is 9.97 Å². The smallest absolute Gasteiger partial charge is 0.321 e. The second-order valence-corrected chi connectivity index (χ2v) is 7.87. The number of anilines is 2. The third-order valence-electron chi connectivity index (χ3n) is 3.91. The number of rotatable bonds is 8. The topological polar surface area (TPSA) is 133 Å². The van der Waals surface area contributed by atoms with E-state index in [9.17, 15) is 13.2 Å². The summed E-state index contributed by atoms with van der Waals surface area (Å²) in [5, 5.41) is 2.64. The van der Waals surface area contributed by atoms with Crippen molar-refractivity contribution in [2.45, 2.75) is 11.8 Å². The van der Waals surface area contributed by atoms with Gasteiger partial charge < -0.3 is 19.2 Å². The van der Waals surface area contributed by atoms with E-state index in [1.165, 1.54) is 56.7 Å². The average molecular weight is 444 g/mol. The number of methoxy groups -OCH3 is 2. The Morgan fingerprint density at radius 3 is 2.42 bits per heavy atom. The van der Waals surface area contributed by atoms with Crippen LogP contribution in [0.2, 0.25) is 0 Å².